The van der Waals surface area contributed by atoms with Crippen LogP contribution in [-0.2, 0) is 21.6 Å². The van der Waals surface area contributed by atoms with Gasteiger partial charge in [0, 0.05) is 38.4 Å². The lowest BCUT2D eigenvalue weighted by atomic mass is 9.99. The SMILES string of the molecule is Cc1cc(-c2ccncc2N2CCOCC(N(C)C(=O)OC(C)(C)C)C2)ccc1CNC(=O)c1cn(C(C)(C)C)nn1. The predicted octanol–water partition coefficient (Wildman–Crippen LogP) is 4.41. The molecule has 11 nitrogen and oxygen atoms in total. The fourth-order valence-corrected chi connectivity index (χ4v) is 4.63. The molecule has 1 aliphatic rings. The fourth-order valence-electron chi connectivity index (χ4n) is 4.63. The van der Waals surface area contributed by atoms with Crippen LogP contribution in [0.2, 0.25) is 0 Å². The van der Waals surface area contributed by atoms with E-state index in [0.29, 0.717) is 32.8 Å². The first-order valence-electron chi connectivity index (χ1n) is 14.3. The highest BCUT2D eigenvalue weighted by Gasteiger charge is 2.29. The molecule has 2 amide bonds. The molecule has 42 heavy (non-hydrogen) atoms. The molecule has 1 N–H and O–H groups in total. The van der Waals surface area contributed by atoms with E-state index in [2.05, 4.69) is 37.6 Å². The number of nitrogens with zero attached hydrogens (tertiary/aromatic N) is 6. The molecule has 0 aliphatic carbocycles. The van der Waals surface area contributed by atoms with Crippen molar-refractivity contribution in [2.24, 2.45) is 0 Å². The maximum absolute atomic E-state index is 12.8. The standard InChI is InChI=1S/C31H43N7O4/c1-21-15-22(9-10-23(21)16-33-28(39)26-19-38(35-34-26)30(2,3)4)25-11-12-32-17-27(25)37-13-14-41-20-24(18-37)36(8)29(40)42-31(5,6)7/h9-12,15,17,19,24H,13-14,16,18,20H2,1-8H3,(H,33,39). The molecular weight excluding hydrogens is 534 g/mol. The van der Waals surface area contributed by atoms with Gasteiger partial charge < -0.3 is 24.6 Å². The molecule has 0 radical (unpaired) electrons. The molecule has 3 aromatic rings. The highest BCUT2D eigenvalue weighted by molar-refractivity contribution is 5.91. The first-order chi connectivity index (χ1) is 19.7. The van der Waals surface area contributed by atoms with Gasteiger partial charge in [0.1, 0.15) is 5.60 Å². The highest BCUT2D eigenvalue weighted by atomic mass is 16.6. The van der Waals surface area contributed by atoms with Gasteiger partial charge in [-0.2, -0.15) is 0 Å². The topological polar surface area (TPSA) is 115 Å². The van der Waals surface area contributed by atoms with E-state index in [1.165, 1.54) is 0 Å². The van der Waals surface area contributed by atoms with Crippen LogP contribution in [0.4, 0.5) is 10.5 Å². The van der Waals surface area contributed by atoms with Crippen molar-refractivity contribution in [3.8, 4) is 11.1 Å². The molecule has 3 heterocycles. The number of aryl methyl sites for hydroxylation is 1. The van der Waals surface area contributed by atoms with Gasteiger partial charge in [-0.05, 0) is 71.2 Å². The smallest absolute Gasteiger partial charge is 0.410 e. The number of anilines is 1. The Balaban J connectivity index is 1.49. The monoisotopic (exact) mass is 577 g/mol. The minimum Gasteiger partial charge on any atom is -0.444 e. The van der Waals surface area contributed by atoms with Gasteiger partial charge in [0.2, 0.25) is 0 Å². The Labute approximate surface area is 248 Å². The lowest BCUT2D eigenvalue weighted by molar-refractivity contribution is 0.0133. The van der Waals surface area contributed by atoms with Gasteiger partial charge in [0.05, 0.1) is 42.9 Å². The summed E-state index contributed by atoms with van der Waals surface area (Å²) in [5.74, 6) is -0.264. The summed E-state index contributed by atoms with van der Waals surface area (Å²) in [5.41, 5.74) is 4.55. The summed E-state index contributed by atoms with van der Waals surface area (Å²) >= 11 is 0. The molecule has 1 atom stereocenters. The first kappa shape index (κ1) is 31.0. The number of carbonyl (C=O) groups is 2. The van der Waals surface area contributed by atoms with E-state index in [9.17, 15) is 9.59 Å². The van der Waals surface area contributed by atoms with Crippen molar-refractivity contribution >= 4 is 17.7 Å². The van der Waals surface area contributed by atoms with Crippen LogP contribution in [0.25, 0.3) is 11.1 Å². The summed E-state index contributed by atoms with van der Waals surface area (Å²) in [6, 6.07) is 8.03. The molecule has 1 unspecified atom stereocenters. The lowest BCUT2D eigenvalue weighted by Crippen LogP contribution is -2.47. The number of rotatable bonds is 6. The van der Waals surface area contributed by atoms with Crippen molar-refractivity contribution in [2.75, 3.05) is 38.3 Å². The molecule has 1 fully saturated rings. The van der Waals surface area contributed by atoms with E-state index in [1.807, 2.05) is 66.8 Å². The number of benzene rings is 1. The summed E-state index contributed by atoms with van der Waals surface area (Å²) in [6.07, 6.45) is 4.94. The van der Waals surface area contributed by atoms with E-state index in [-0.39, 0.29) is 29.3 Å². The zero-order chi connectivity index (χ0) is 30.7. The van der Waals surface area contributed by atoms with Crippen molar-refractivity contribution in [2.45, 2.75) is 72.2 Å². The van der Waals surface area contributed by atoms with Crippen LogP contribution >= 0.6 is 0 Å². The second-order valence-electron chi connectivity index (χ2n) is 12.7. The summed E-state index contributed by atoms with van der Waals surface area (Å²) in [5, 5.41) is 11.1. The Bertz CT molecular complexity index is 1410. The molecule has 226 valence electrons. The number of aromatic nitrogens is 4. The Kier molecular flexibility index (Phi) is 9.20. The normalized spacial score (nSPS) is 16.1. The zero-order valence-electron chi connectivity index (χ0n) is 26.0. The molecule has 1 aliphatic heterocycles. The third-order valence-corrected chi connectivity index (χ3v) is 7.12. The largest absolute Gasteiger partial charge is 0.444 e. The van der Waals surface area contributed by atoms with Crippen molar-refractivity contribution < 1.29 is 19.1 Å². The van der Waals surface area contributed by atoms with Crippen molar-refractivity contribution in [3.05, 3.63) is 59.7 Å². The third-order valence-electron chi connectivity index (χ3n) is 7.12. The van der Waals surface area contributed by atoms with Crippen LogP contribution in [-0.4, -0.2) is 81.9 Å². The molecule has 0 spiro atoms. The van der Waals surface area contributed by atoms with Crippen LogP contribution in [0.5, 0.6) is 0 Å². The van der Waals surface area contributed by atoms with Gasteiger partial charge in [-0.3, -0.25) is 9.78 Å². The molecule has 4 rings (SSSR count). The molecule has 11 heteroatoms. The number of pyridine rings is 1. The van der Waals surface area contributed by atoms with Crippen molar-refractivity contribution in [1.82, 2.24) is 30.2 Å². The van der Waals surface area contributed by atoms with Crippen molar-refractivity contribution in [1.29, 1.82) is 0 Å². The molecule has 0 bridgehead atoms. The zero-order valence-corrected chi connectivity index (χ0v) is 26.0. The molecule has 0 saturated carbocycles. The van der Waals surface area contributed by atoms with Gasteiger partial charge in [-0.1, -0.05) is 23.4 Å². The number of hydrogen-bond acceptors (Lipinski definition) is 8. The van der Waals surface area contributed by atoms with E-state index in [1.54, 1.807) is 29.0 Å². The second-order valence-corrected chi connectivity index (χ2v) is 12.7. The maximum atomic E-state index is 12.8. The minimum atomic E-state index is -0.577. The Morgan fingerprint density at radius 2 is 1.93 bits per heavy atom. The first-order valence-corrected chi connectivity index (χ1v) is 14.3. The van der Waals surface area contributed by atoms with E-state index in [0.717, 1.165) is 27.9 Å². The molecule has 1 saturated heterocycles. The van der Waals surface area contributed by atoms with E-state index < -0.39 is 5.60 Å². The van der Waals surface area contributed by atoms with Gasteiger partial charge in [0.25, 0.3) is 5.91 Å². The highest BCUT2D eigenvalue weighted by Crippen LogP contribution is 2.32. The predicted molar refractivity (Wildman–Crippen MR) is 161 cm³/mol. The van der Waals surface area contributed by atoms with E-state index >= 15 is 0 Å². The van der Waals surface area contributed by atoms with Gasteiger partial charge in [0.15, 0.2) is 5.69 Å². The number of nitrogens with one attached hydrogen (secondary N) is 1. The second kappa shape index (κ2) is 12.5. The van der Waals surface area contributed by atoms with Crippen molar-refractivity contribution in [3.63, 3.8) is 0 Å². The van der Waals surface area contributed by atoms with Gasteiger partial charge in [-0.15, -0.1) is 5.10 Å². The number of ether oxygens (including phenoxy) is 2. The summed E-state index contributed by atoms with van der Waals surface area (Å²) in [4.78, 5) is 33.7. The molecule has 2 aromatic heterocycles. The number of carbonyl (C=O) groups excluding carboxylic acids is 2. The quantitative estimate of drug-likeness (QED) is 0.458. The average Bonchev–Trinajstić information content (AvgIpc) is 3.31. The maximum Gasteiger partial charge on any atom is 0.410 e. The van der Waals surface area contributed by atoms with Gasteiger partial charge >= 0.3 is 6.09 Å². The fraction of sp³-hybridized carbons (Fsp3) is 0.516. The summed E-state index contributed by atoms with van der Waals surface area (Å²) in [6.45, 7) is 16.2. The van der Waals surface area contributed by atoms with Crippen LogP contribution in [0, 0.1) is 6.92 Å². The Hall–Kier alpha value is -3.99. The Morgan fingerprint density at radius 3 is 2.60 bits per heavy atom. The van der Waals surface area contributed by atoms with Crippen LogP contribution in [0.15, 0.2) is 42.9 Å². The molecule has 1 aromatic carbocycles. The number of amides is 2. The van der Waals surface area contributed by atoms with E-state index in [4.69, 9.17) is 9.47 Å². The Morgan fingerprint density at radius 1 is 1.17 bits per heavy atom. The van der Waals surface area contributed by atoms with Crippen LogP contribution in [0.3, 0.4) is 0 Å². The third kappa shape index (κ3) is 7.64. The lowest BCUT2D eigenvalue weighted by Gasteiger charge is -2.33. The number of hydrogen-bond donors (Lipinski definition) is 1. The molecular formula is C31H43N7O4. The minimum absolute atomic E-state index is 0.187. The summed E-state index contributed by atoms with van der Waals surface area (Å²) in [7, 11) is 1.75. The average molecular weight is 578 g/mol. The summed E-state index contributed by atoms with van der Waals surface area (Å²) < 4.78 is 13.2. The van der Waals surface area contributed by atoms with Gasteiger partial charge in [-0.25, -0.2) is 9.48 Å². The number of likely N-dealkylation sites (N-methyl/N-ethyl adjacent to an activating group) is 1. The van der Waals surface area contributed by atoms with Crippen LogP contribution in [0.1, 0.15) is 63.2 Å². The van der Waals surface area contributed by atoms with Crippen LogP contribution < -0.4 is 10.2 Å².